The average molecular weight is 593 g/mol. The molecular formula is C34H28N2O2S3. The van der Waals surface area contributed by atoms with Crippen LogP contribution in [0, 0.1) is 0 Å². The SMILES string of the molecule is C=C=C=C=C.C=C=C=C=C=C=C=C.Nc1c(S(=O)CCCCO)sc2nc(-c3cccs3)cc(-c3ccccc3)c12. The second kappa shape index (κ2) is 18.7. The fourth-order valence-electron chi connectivity index (χ4n) is 3.32. The van der Waals surface area contributed by atoms with Gasteiger partial charge in [-0.1, -0.05) is 59.3 Å². The summed E-state index contributed by atoms with van der Waals surface area (Å²) >= 11 is 3.06. The number of rotatable bonds is 7. The maximum absolute atomic E-state index is 12.8. The van der Waals surface area contributed by atoms with E-state index >= 15 is 0 Å². The van der Waals surface area contributed by atoms with Crippen LogP contribution in [0.1, 0.15) is 12.8 Å². The van der Waals surface area contributed by atoms with Crippen molar-refractivity contribution in [1.82, 2.24) is 4.98 Å². The molecule has 0 amide bonds. The topological polar surface area (TPSA) is 76.2 Å². The van der Waals surface area contributed by atoms with Crippen LogP contribution in [0.15, 0.2) is 136 Å². The van der Waals surface area contributed by atoms with Crippen molar-refractivity contribution in [2.24, 2.45) is 0 Å². The predicted octanol–water partition coefficient (Wildman–Crippen LogP) is 8.15. The van der Waals surface area contributed by atoms with Gasteiger partial charge in [-0.3, -0.25) is 4.21 Å². The average Bonchev–Trinajstić information content (AvgIpc) is 3.65. The lowest BCUT2D eigenvalue weighted by molar-refractivity contribution is 0.287. The summed E-state index contributed by atoms with van der Waals surface area (Å²) in [5.41, 5.74) is 31.6. The van der Waals surface area contributed by atoms with Crippen molar-refractivity contribution in [3.8, 4) is 21.7 Å². The van der Waals surface area contributed by atoms with E-state index in [1.165, 1.54) is 11.3 Å². The first-order valence-electron chi connectivity index (χ1n) is 12.2. The first-order valence-corrected chi connectivity index (χ1v) is 15.2. The number of nitrogens with two attached hydrogens (primary N) is 1. The molecule has 0 fully saturated rings. The van der Waals surface area contributed by atoms with Crippen LogP contribution in [0.4, 0.5) is 5.69 Å². The fraction of sp³-hybridized carbons (Fsp3) is 0.118. The number of aliphatic hydroxyl groups is 1. The molecule has 0 aliphatic rings. The Bertz CT molecular complexity index is 1770. The Morgan fingerprint density at radius 1 is 0.878 bits per heavy atom. The van der Waals surface area contributed by atoms with Crippen LogP contribution < -0.4 is 5.73 Å². The largest absolute Gasteiger partial charge is 0.396 e. The van der Waals surface area contributed by atoms with Gasteiger partial charge in [0.2, 0.25) is 0 Å². The van der Waals surface area contributed by atoms with Crippen LogP contribution in [0.2, 0.25) is 0 Å². The monoisotopic (exact) mass is 592 g/mol. The van der Waals surface area contributed by atoms with Gasteiger partial charge in [0.1, 0.15) is 9.04 Å². The fourth-order valence-corrected chi connectivity index (χ4v) is 6.71. The molecule has 0 saturated carbocycles. The normalized spacial score (nSPS) is 9.59. The molecule has 4 aromatic rings. The minimum Gasteiger partial charge on any atom is -0.396 e. The van der Waals surface area contributed by atoms with E-state index in [9.17, 15) is 4.21 Å². The van der Waals surface area contributed by atoms with Crippen LogP contribution in [0.25, 0.3) is 31.9 Å². The quantitative estimate of drug-likeness (QED) is 0.168. The van der Waals surface area contributed by atoms with Crippen LogP contribution in [0.5, 0.6) is 0 Å². The van der Waals surface area contributed by atoms with Crippen molar-refractivity contribution in [1.29, 1.82) is 0 Å². The highest BCUT2D eigenvalue weighted by Crippen LogP contribution is 2.43. The zero-order valence-electron chi connectivity index (χ0n) is 22.5. The van der Waals surface area contributed by atoms with Crippen LogP contribution in [-0.2, 0) is 10.8 Å². The summed E-state index contributed by atoms with van der Waals surface area (Å²) in [5, 5.41) is 11.9. The Labute approximate surface area is 251 Å². The van der Waals surface area contributed by atoms with Crippen LogP contribution in [-0.4, -0.2) is 26.7 Å². The zero-order valence-corrected chi connectivity index (χ0v) is 24.9. The summed E-state index contributed by atoms with van der Waals surface area (Å²) < 4.78 is 13.5. The standard InChI is InChI=1S/C21H20N2O2S3.C8H4.C5H4/c22-19-18-15(14-7-2-1-3-8-14)13-16(17-9-6-11-26-17)23-20(18)27-21(19)28(25)12-5-4-10-24;1-3-5-7-8-6-4-2;1-3-5-4-2/h1-3,6-9,11,13,24H,4-5,10,12,22H2;1-2H2;1-2H2. The van der Waals surface area contributed by atoms with Gasteiger partial charge in [0, 0.05) is 17.7 Å². The molecule has 7 heteroatoms. The number of nitrogen functional groups attached to an aromatic ring is 1. The third kappa shape index (κ3) is 10.2. The third-order valence-electron chi connectivity index (χ3n) is 5.01. The summed E-state index contributed by atoms with van der Waals surface area (Å²) in [7, 11) is -1.19. The Hall–Kier alpha value is -4.56. The number of thiophene rings is 2. The number of aromatic nitrogens is 1. The van der Waals surface area contributed by atoms with E-state index in [0.717, 1.165) is 31.9 Å². The Morgan fingerprint density at radius 3 is 2.07 bits per heavy atom. The zero-order chi connectivity index (χ0) is 29.9. The Morgan fingerprint density at radius 2 is 1.54 bits per heavy atom. The van der Waals surface area contributed by atoms with Gasteiger partial charge in [-0.2, -0.15) is 0 Å². The molecule has 0 saturated heterocycles. The summed E-state index contributed by atoms with van der Waals surface area (Å²) in [4.78, 5) is 6.75. The van der Waals surface area contributed by atoms with Crippen molar-refractivity contribution < 1.29 is 9.32 Å². The molecule has 3 aromatic heterocycles. The molecule has 0 aliphatic carbocycles. The van der Waals surface area contributed by atoms with Gasteiger partial charge in [-0.05, 0) is 96.5 Å². The number of anilines is 1. The van der Waals surface area contributed by atoms with Gasteiger partial charge in [0.05, 0.1) is 27.1 Å². The van der Waals surface area contributed by atoms with E-state index in [1.54, 1.807) is 11.3 Å². The molecule has 0 spiro atoms. The highest BCUT2D eigenvalue weighted by molar-refractivity contribution is 7.87. The number of aliphatic hydroxyl groups excluding tert-OH is 1. The van der Waals surface area contributed by atoms with Gasteiger partial charge < -0.3 is 10.8 Å². The van der Waals surface area contributed by atoms with E-state index < -0.39 is 10.8 Å². The highest BCUT2D eigenvalue weighted by Gasteiger charge is 2.21. The minimum absolute atomic E-state index is 0.114. The van der Waals surface area contributed by atoms with Crippen molar-refractivity contribution >= 4 is 49.4 Å². The highest BCUT2D eigenvalue weighted by atomic mass is 32.2. The van der Waals surface area contributed by atoms with Crippen molar-refractivity contribution in [3.05, 3.63) is 132 Å². The van der Waals surface area contributed by atoms with Gasteiger partial charge in [0.15, 0.2) is 0 Å². The smallest absolute Gasteiger partial charge is 0.127 e. The molecule has 0 bridgehead atoms. The molecule has 1 unspecified atom stereocenters. The number of benzene rings is 1. The number of pyridine rings is 1. The van der Waals surface area contributed by atoms with Crippen LogP contribution in [0.3, 0.4) is 0 Å². The summed E-state index contributed by atoms with van der Waals surface area (Å²) in [6, 6.07) is 16.2. The molecule has 3 N–H and O–H groups in total. The van der Waals surface area contributed by atoms with Crippen molar-refractivity contribution in [2.75, 3.05) is 18.1 Å². The first kappa shape index (κ1) is 32.7. The number of nitrogens with zero attached hydrogens (tertiary/aromatic N) is 1. The molecular weight excluding hydrogens is 565 g/mol. The van der Waals surface area contributed by atoms with E-state index in [2.05, 4.69) is 102 Å². The summed E-state index contributed by atoms with van der Waals surface area (Å²) in [6.07, 6.45) is 1.35. The maximum atomic E-state index is 12.8. The molecule has 41 heavy (non-hydrogen) atoms. The maximum Gasteiger partial charge on any atom is 0.127 e. The molecule has 3 heterocycles. The molecule has 0 aliphatic heterocycles. The summed E-state index contributed by atoms with van der Waals surface area (Å²) in [5.74, 6) is 0.496. The second-order valence-electron chi connectivity index (χ2n) is 7.69. The van der Waals surface area contributed by atoms with Gasteiger partial charge >= 0.3 is 0 Å². The molecule has 4 nitrogen and oxygen atoms in total. The van der Waals surface area contributed by atoms with E-state index in [0.29, 0.717) is 28.5 Å². The Kier molecular flexibility index (Phi) is 14.9. The molecule has 4 rings (SSSR count). The predicted molar refractivity (Wildman–Crippen MR) is 175 cm³/mol. The second-order valence-corrected chi connectivity index (χ2v) is 11.4. The molecule has 1 aromatic carbocycles. The molecule has 0 radical (unpaired) electrons. The number of unbranched alkanes of at least 4 members (excludes halogenated alkanes) is 1. The number of hydrogen-bond acceptors (Lipinski definition) is 6. The van der Waals surface area contributed by atoms with E-state index in [-0.39, 0.29) is 6.61 Å². The lowest BCUT2D eigenvalue weighted by Gasteiger charge is -2.08. The summed E-state index contributed by atoms with van der Waals surface area (Å²) in [6.45, 7) is 13.0. The third-order valence-corrected chi connectivity index (χ3v) is 8.90. The number of fused-ring (bicyclic) bond motifs is 1. The lowest BCUT2D eigenvalue weighted by atomic mass is 10.0. The van der Waals surface area contributed by atoms with Crippen molar-refractivity contribution in [2.45, 2.75) is 17.1 Å². The minimum atomic E-state index is -1.19. The molecule has 204 valence electrons. The van der Waals surface area contributed by atoms with Gasteiger partial charge in [-0.15, -0.1) is 22.7 Å². The van der Waals surface area contributed by atoms with E-state index in [1.807, 2.05) is 29.6 Å². The first-order chi connectivity index (χ1) is 20.0. The molecule has 1 atom stereocenters. The van der Waals surface area contributed by atoms with Crippen molar-refractivity contribution in [3.63, 3.8) is 0 Å². The lowest BCUT2D eigenvalue weighted by Crippen LogP contribution is -2.00. The van der Waals surface area contributed by atoms with Gasteiger partial charge in [-0.25, -0.2) is 4.98 Å². The Balaban J connectivity index is 0.000000379. The van der Waals surface area contributed by atoms with E-state index in [4.69, 9.17) is 15.8 Å². The number of hydrogen-bond donors (Lipinski definition) is 2. The van der Waals surface area contributed by atoms with Crippen LogP contribution >= 0.6 is 22.7 Å². The van der Waals surface area contributed by atoms with Gasteiger partial charge in [0.25, 0.3) is 0 Å².